The van der Waals surface area contributed by atoms with Gasteiger partial charge in [-0.3, -0.25) is 4.79 Å². The molecular weight excluding hydrogens is 308 g/mol. The van der Waals surface area contributed by atoms with E-state index in [-0.39, 0.29) is 35.1 Å². The Labute approximate surface area is 130 Å². The summed E-state index contributed by atoms with van der Waals surface area (Å²) in [5, 5.41) is 3.18. The number of ether oxygens (including phenoxy) is 1. The van der Waals surface area contributed by atoms with Crippen molar-refractivity contribution < 1.29 is 17.9 Å². The van der Waals surface area contributed by atoms with E-state index in [1.54, 1.807) is 7.11 Å². The lowest BCUT2D eigenvalue weighted by Gasteiger charge is -2.29. The highest BCUT2D eigenvalue weighted by Crippen LogP contribution is 2.24. The number of nitrogens with zero attached hydrogens (tertiary/aromatic N) is 2. The normalized spacial score (nSPS) is 21.7. The lowest BCUT2D eigenvalue weighted by molar-refractivity contribution is 0.0669. The maximum atomic E-state index is 11.5. The molecule has 1 heterocycles. The molecule has 0 unspecified atom stereocenters. The molecule has 0 aliphatic heterocycles. The lowest BCUT2D eigenvalue weighted by Crippen LogP contribution is -2.32. The number of thiol groups is 1. The average Bonchev–Trinajstić information content (AvgIpc) is 2.46. The van der Waals surface area contributed by atoms with E-state index in [1.807, 2.05) is 0 Å². The molecule has 9 heteroatoms. The first kappa shape index (κ1) is 16.6. The molecule has 2 atom stereocenters. The number of methoxy groups -OCH3 is 1. The summed E-state index contributed by atoms with van der Waals surface area (Å²) in [5.74, 6) is -0.493. The van der Waals surface area contributed by atoms with Gasteiger partial charge >= 0.3 is 0 Å². The van der Waals surface area contributed by atoms with Crippen LogP contribution >= 0.6 is 0 Å². The van der Waals surface area contributed by atoms with Gasteiger partial charge in [0.25, 0.3) is 5.91 Å². The van der Waals surface area contributed by atoms with Crippen LogP contribution in [0.2, 0.25) is 0 Å². The van der Waals surface area contributed by atoms with E-state index in [2.05, 4.69) is 15.3 Å². The number of aromatic nitrogens is 2. The van der Waals surface area contributed by atoms with Crippen LogP contribution in [0.25, 0.3) is 0 Å². The number of nitrogens with one attached hydrogen (secondary N) is 1. The third kappa shape index (κ3) is 4.38. The number of nitrogens with two attached hydrogens (primary N) is 1. The van der Waals surface area contributed by atoms with Crippen molar-refractivity contribution in [2.24, 2.45) is 5.73 Å². The molecular formula is C13H20N4O4S. The molecule has 1 aromatic rings. The highest BCUT2D eigenvalue weighted by atomic mass is 32.2. The van der Waals surface area contributed by atoms with E-state index >= 15 is 0 Å². The minimum Gasteiger partial charge on any atom is -0.381 e. The van der Waals surface area contributed by atoms with Crippen molar-refractivity contribution in [2.75, 3.05) is 12.4 Å². The largest absolute Gasteiger partial charge is 0.381 e. The molecule has 0 saturated heterocycles. The molecule has 3 N–H and O–H groups in total. The van der Waals surface area contributed by atoms with Crippen molar-refractivity contribution in [3.8, 4) is 0 Å². The number of hydrogen-bond donors (Lipinski definition) is 3. The molecule has 0 bridgehead atoms. The maximum Gasteiger partial charge on any atom is 0.254 e. The monoisotopic (exact) mass is 328 g/mol. The minimum absolute atomic E-state index is 0.0977. The lowest BCUT2D eigenvalue weighted by atomic mass is 9.93. The zero-order valence-electron chi connectivity index (χ0n) is 12.3. The second kappa shape index (κ2) is 7.50. The van der Waals surface area contributed by atoms with Crippen molar-refractivity contribution in [3.63, 3.8) is 0 Å². The standard InChI is InChI=1S/C13H20N4O4S/c1-21-9-4-2-3-8(5-9)16-13-10(12(14)18)6-15-11(17-13)7-22(19)20/h6,8-9,22H,2-5,7H2,1H3,(H2,14,18)(H,15,16,17)/t8-,9+/m1/s1. The van der Waals surface area contributed by atoms with E-state index < -0.39 is 16.6 Å². The molecule has 122 valence electrons. The highest BCUT2D eigenvalue weighted by molar-refractivity contribution is 7.71. The van der Waals surface area contributed by atoms with Gasteiger partial charge in [-0.05, 0) is 25.7 Å². The number of rotatable bonds is 6. The summed E-state index contributed by atoms with van der Waals surface area (Å²) in [6.07, 6.45) is 5.16. The van der Waals surface area contributed by atoms with E-state index in [0.29, 0.717) is 0 Å². The van der Waals surface area contributed by atoms with Crippen LogP contribution in [0.1, 0.15) is 41.9 Å². The molecule has 0 radical (unpaired) electrons. The summed E-state index contributed by atoms with van der Waals surface area (Å²) in [6, 6.07) is 0.0977. The number of carbonyl (C=O) groups excluding carboxylic acids is 1. The van der Waals surface area contributed by atoms with Crippen LogP contribution in [0.3, 0.4) is 0 Å². The van der Waals surface area contributed by atoms with Crippen molar-refractivity contribution in [3.05, 3.63) is 17.6 Å². The van der Waals surface area contributed by atoms with Gasteiger partial charge in [0, 0.05) is 19.3 Å². The Kier molecular flexibility index (Phi) is 5.67. The van der Waals surface area contributed by atoms with E-state index in [0.717, 1.165) is 25.7 Å². The summed E-state index contributed by atoms with van der Waals surface area (Å²) in [4.78, 5) is 19.5. The first-order chi connectivity index (χ1) is 10.5. The Balaban J connectivity index is 2.20. The van der Waals surface area contributed by atoms with Gasteiger partial charge in [0.1, 0.15) is 28.1 Å². The third-order valence-corrected chi connectivity index (χ3v) is 4.22. The number of primary amides is 1. The summed E-state index contributed by atoms with van der Waals surface area (Å²) in [7, 11) is -0.956. The van der Waals surface area contributed by atoms with Gasteiger partial charge in [-0.1, -0.05) is 0 Å². The van der Waals surface area contributed by atoms with Crippen LogP contribution in [0.5, 0.6) is 0 Å². The zero-order chi connectivity index (χ0) is 16.1. The summed E-state index contributed by atoms with van der Waals surface area (Å²) in [5.41, 5.74) is 5.48. The summed E-state index contributed by atoms with van der Waals surface area (Å²) < 4.78 is 27.0. The fourth-order valence-corrected chi connectivity index (χ4v) is 2.97. The van der Waals surface area contributed by atoms with Crippen molar-refractivity contribution in [1.29, 1.82) is 0 Å². The fraction of sp³-hybridized carbons (Fsp3) is 0.615. The molecule has 1 saturated carbocycles. The first-order valence-electron chi connectivity index (χ1n) is 7.06. The van der Waals surface area contributed by atoms with Gasteiger partial charge in [0.2, 0.25) is 0 Å². The number of anilines is 1. The second-order valence-corrected chi connectivity index (χ2v) is 6.25. The van der Waals surface area contributed by atoms with E-state index in [4.69, 9.17) is 10.5 Å². The summed E-state index contributed by atoms with van der Waals surface area (Å²) >= 11 is 0. The number of hydrogen-bond acceptors (Lipinski definition) is 7. The van der Waals surface area contributed by atoms with Crippen molar-refractivity contribution in [2.45, 2.75) is 43.6 Å². The molecule has 1 amide bonds. The Morgan fingerprint density at radius 2 is 2.27 bits per heavy atom. The first-order valence-corrected chi connectivity index (χ1v) is 8.42. The van der Waals surface area contributed by atoms with Crippen LogP contribution in [0, 0.1) is 0 Å². The van der Waals surface area contributed by atoms with Gasteiger partial charge in [-0.2, -0.15) is 0 Å². The molecule has 1 aliphatic rings. The zero-order valence-corrected chi connectivity index (χ0v) is 13.2. The van der Waals surface area contributed by atoms with Crippen LogP contribution in [0.4, 0.5) is 5.82 Å². The highest BCUT2D eigenvalue weighted by Gasteiger charge is 2.23. The molecule has 1 aliphatic carbocycles. The molecule has 8 nitrogen and oxygen atoms in total. The molecule has 22 heavy (non-hydrogen) atoms. The molecule has 0 spiro atoms. The fourth-order valence-electron chi connectivity index (χ4n) is 2.58. The van der Waals surface area contributed by atoms with Gasteiger partial charge in [0.05, 0.1) is 11.7 Å². The van der Waals surface area contributed by atoms with E-state index in [9.17, 15) is 13.2 Å². The van der Waals surface area contributed by atoms with E-state index in [1.165, 1.54) is 6.20 Å². The minimum atomic E-state index is -2.63. The Morgan fingerprint density at radius 3 is 2.91 bits per heavy atom. The van der Waals surface area contributed by atoms with Crippen molar-refractivity contribution in [1.82, 2.24) is 9.97 Å². The number of amides is 1. The quantitative estimate of drug-likeness (QED) is 0.630. The maximum absolute atomic E-state index is 11.5. The van der Waals surface area contributed by atoms with Crippen LogP contribution in [-0.2, 0) is 21.2 Å². The van der Waals surface area contributed by atoms with Crippen LogP contribution in [-0.4, -0.2) is 43.5 Å². The second-order valence-electron chi connectivity index (χ2n) is 5.27. The third-order valence-electron chi connectivity index (χ3n) is 3.67. The van der Waals surface area contributed by atoms with Crippen LogP contribution in [0.15, 0.2) is 6.20 Å². The Hall–Kier alpha value is -1.74. The predicted molar refractivity (Wildman–Crippen MR) is 81.2 cm³/mol. The van der Waals surface area contributed by atoms with Gasteiger partial charge < -0.3 is 15.8 Å². The van der Waals surface area contributed by atoms with Gasteiger partial charge in [0.15, 0.2) is 0 Å². The predicted octanol–water partition coefficient (Wildman–Crippen LogP) is 0.0564. The smallest absolute Gasteiger partial charge is 0.254 e. The Bertz CT molecular complexity index is 612. The van der Waals surface area contributed by atoms with Gasteiger partial charge in [-0.15, -0.1) is 0 Å². The molecule has 0 aromatic carbocycles. The Morgan fingerprint density at radius 1 is 1.50 bits per heavy atom. The topological polar surface area (TPSA) is 124 Å². The molecule has 1 aromatic heterocycles. The molecule has 2 rings (SSSR count). The van der Waals surface area contributed by atoms with Gasteiger partial charge in [-0.25, -0.2) is 18.4 Å². The van der Waals surface area contributed by atoms with Crippen LogP contribution < -0.4 is 11.1 Å². The average molecular weight is 328 g/mol. The summed E-state index contributed by atoms with van der Waals surface area (Å²) in [6.45, 7) is 0. The number of carbonyl (C=O) groups is 1. The molecule has 1 fully saturated rings. The van der Waals surface area contributed by atoms with Crippen molar-refractivity contribution >= 4 is 22.4 Å². The SMILES string of the molecule is CO[C@H]1CCC[C@@H](Nc2nc(C[SH](=O)=O)ncc2C(N)=O)C1.